The Hall–Kier alpha value is -6.15. The van der Waals surface area contributed by atoms with Gasteiger partial charge >= 0.3 is 5.97 Å². The van der Waals surface area contributed by atoms with Crippen LogP contribution in [0.25, 0.3) is 0 Å². The number of nitrogens with zero attached hydrogens (tertiary/aromatic N) is 3. The molecule has 3 aromatic rings. The SMILES string of the molecule is COc1ccc(N2C[C@@H]3C(=N2)c2cc4c(cc2[C@@H](c2cc(CO)c(OC)c(OC)c2)[C@H]3C(=O)NCCOCCOCCOCCOCCOCCOCCOCCOCCCCC(=O)ON2C(=O)CCC2=O)OCO4)cc1. The first-order chi connectivity index (χ1) is 37.7. The molecule has 0 bridgehead atoms. The third kappa shape index (κ3) is 16.7. The molecule has 23 heteroatoms. The van der Waals surface area contributed by atoms with Crippen LogP contribution in [0.2, 0.25) is 0 Å². The summed E-state index contributed by atoms with van der Waals surface area (Å²) >= 11 is 0. The van der Waals surface area contributed by atoms with E-state index in [2.05, 4.69) is 5.32 Å². The second-order valence-electron chi connectivity index (χ2n) is 17.9. The number of nitrogens with one attached hydrogen (secondary N) is 1. The largest absolute Gasteiger partial charge is 0.497 e. The number of hydrogen-bond donors (Lipinski definition) is 2. The molecule has 23 nitrogen and oxygen atoms in total. The summed E-state index contributed by atoms with van der Waals surface area (Å²) in [5.41, 5.74) is 4.57. The molecule has 3 aromatic carbocycles. The quantitative estimate of drug-likeness (QED) is 0.0619. The van der Waals surface area contributed by atoms with E-state index in [0.717, 1.165) is 33.8 Å². The summed E-state index contributed by atoms with van der Waals surface area (Å²) in [6, 6.07) is 15.2. The van der Waals surface area contributed by atoms with Gasteiger partial charge in [-0.2, -0.15) is 5.10 Å². The van der Waals surface area contributed by atoms with Crippen LogP contribution < -0.4 is 34.0 Å². The molecule has 3 heterocycles. The monoisotopic (exact) mass is 1080 g/mol. The molecule has 3 amide bonds. The number of amides is 3. The highest BCUT2D eigenvalue weighted by molar-refractivity contribution is 6.10. The first-order valence-corrected chi connectivity index (χ1v) is 26.0. The van der Waals surface area contributed by atoms with Crippen molar-refractivity contribution in [2.75, 3.05) is 152 Å². The number of imide groups is 1. The fourth-order valence-corrected chi connectivity index (χ4v) is 9.20. The van der Waals surface area contributed by atoms with E-state index in [-0.39, 0.29) is 57.6 Å². The van der Waals surface area contributed by atoms with Crippen LogP contribution in [0, 0.1) is 11.8 Å². The van der Waals surface area contributed by atoms with Gasteiger partial charge in [-0.25, -0.2) is 4.79 Å². The Balaban J connectivity index is 0.728. The first kappa shape index (κ1) is 58.5. The summed E-state index contributed by atoms with van der Waals surface area (Å²) in [4.78, 5) is 54.4. The molecule has 2 N–H and O–H groups in total. The molecule has 0 aromatic heterocycles. The van der Waals surface area contributed by atoms with Gasteiger partial charge in [-0.05, 0) is 72.5 Å². The minimum atomic E-state index is -0.648. The number of hydroxylamine groups is 2. The van der Waals surface area contributed by atoms with Crippen molar-refractivity contribution in [2.45, 2.75) is 44.6 Å². The fraction of sp³-hybridized carbons (Fsp3) is 0.574. The highest BCUT2D eigenvalue weighted by Crippen LogP contribution is 2.51. The molecule has 0 saturated carbocycles. The van der Waals surface area contributed by atoms with Gasteiger partial charge in [-0.15, -0.1) is 5.06 Å². The van der Waals surface area contributed by atoms with Crippen molar-refractivity contribution in [3.63, 3.8) is 0 Å². The van der Waals surface area contributed by atoms with Crippen LogP contribution in [0.4, 0.5) is 5.69 Å². The smallest absolute Gasteiger partial charge is 0.333 e. The number of ether oxygens (including phenoxy) is 13. The van der Waals surface area contributed by atoms with E-state index in [1.165, 1.54) is 7.11 Å². The topological polar surface area (TPSA) is 249 Å². The number of hydrazone groups is 1. The van der Waals surface area contributed by atoms with Gasteiger partial charge in [0.25, 0.3) is 11.8 Å². The summed E-state index contributed by atoms with van der Waals surface area (Å²) in [6.07, 6.45) is 1.38. The second kappa shape index (κ2) is 31.3. The number of unbranched alkanes of at least 4 members (excludes halogenated alkanes) is 1. The van der Waals surface area contributed by atoms with E-state index in [4.69, 9.17) is 71.5 Å². The molecular weight excluding hydrogens is 1010 g/mol. The number of carbonyl (C=O) groups is 4. The lowest BCUT2D eigenvalue weighted by molar-refractivity contribution is -0.197. The van der Waals surface area contributed by atoms with E-state index in [1.54, 1.807) is 14.2 Å². The Morgan fingerprint density at radius 3 is 1.78 bits per heavy atom. The van der Waals surface area contributed by atoms with Crippen molar-refractivity contribution in [1.29, 1.82) is 0 Å². The summed E-state index contributed by atoms with van der Waals surface area (Å²) in [6.45, 7) is 6.85. The fourth-order valence-electron chi connectivity index (χ4n) is 9.20. The van der Waals surface area contributed by atoms with E-state index in [0.29, 0.717) is 152 Å². The van der Waals surface area contributed by atoms with Crippen molar-refractivity contribution < 1.29 is 90.7 Å². The summed E-state index contributed by atoms with van der Waals surface area (Å²) in [5.74, 6) is -0.546. The van der Waals surface area contributed by atoms with Crippen LogP contribution in [-0.2, 0) is 68.5 Å². The van der Waals surface area contributed by atoms with Crippen LogP contribution in [0.3, 0.4) is 0 Å². The Bertz CT molecular complexity index is 2360. The van der Waals surface area contributed by atoms with Gasteiger partial charge < -0.3 is 76.8 Å². The third-order valence-corrected chi connectivity index (χ3v) is 12.9. The lowest BCUT2D eigenvalue weighted by Gasteiger charge is -2.38. The van der Waals surface area contributed by atoms with Gasteiger partial charge in [-0.1, -0.05) is 0 Å². The molecule has 4 aliphatic rings. The van der Waals surface area contributed by atoms with Crippen molar-refractivity contribution >= 4 is 35.1 Å². The number of aliphatic hydroxyl groups is 1. The minimum absolute atomic E-state index is 0.0690. The lowest BCUT2D eigenvalue weighted by atomic mass is 9.65. The van der Waals surface area contributed by atoms with Crippen LogP contribution >= 0.6 is 0 Å². The van der Waals surface area contributed by atoms with Gasteiger partial charge in [0, 0.05) is 55.4 Å². The lowest BCUT2D eigenvalue weighted by Crippen LogP contribution is -2.46. The molecular formula is C54H72N4O19. The molecule has 7 rings (SSSR count). The highest BCUT2D eigenvalue weighted by atomic mass is 16.7. The number of carbonyl (C=O) groups excluding carboxylic acids is 4. The van der Waals surface area contributed by atoms with Crippen molar-refractivity contribution in [3.05, 3.63) is 70.8 Å². The zero-order valence-electron chi connectivity index (χ0n) is 44.2. The van der Waals surface area contributed by atoms with E-state index >= 15 is 0 Å². The Labute approximate surface area is 448 Å². The normalized spacial score (nSPS) is 17.4. The number of methoxy groups -OCH3 is 3. The number of aliphatic hydroxyl groups excluding tert-OH is 1. The van der Waals surface area contributed by atoms with Gasteiger partial charge in [0.2, 0.25) is 12.7 Å². The number of anilines is 1. The second-order valence-corrected chi connectivity index (χ2v) is 17.9. The van der Waals surface area contributed by atoms with E-state index in [1.807, 2.05) is 53.5 Å². The van der Waals surface area contributed by atoms with Gasteiger partial charge in [0.1, 0.15) is 5.75 Å². The maximum atomic E-state index is 14.7. The molecule has 422 valence electrons. The molecule has 0 radical (unpaired) electrons. The van der Waals surface area contributed by atoms with Crippen molar-refractivity contribution in [1.82, 2.24) is 10.4 Å². The van der Waals surface area contributed by atoms with Crippen LogP contribution in [-0.4, -0.2) is 186 Å². The predicted octanol–water partition coefficient (Wildman–Crippen LogP) is 3.56. The third-order valence-electron chi connectivity index (χ3n) is 12.9. The number of fused-ring (bicyclic) bond motifs is 4. The summed E-state index contributed by atoms with van der Waals surface area (Å²) in [5, 5.41) is 21.2. The zero-order chi connectivity index (χ0) is 54.2. The molecule has 3 atom stereocenters. The Kier molecular flexibility index (Phi) is 23.8. The van der Waals surface area contributed by atoms with Crippen molar-refractivity contribution in [3.8, 4) is 28.7 Å². The van der Waals surface area contributed by atoms with Crippen molar-refractivity contribution in [2.24, 2.45) is 16.9 Å². The molecule has 0 unspecified atom stereocenters. The molecule has 1 saturated heterocycles. The van der Waals surface area contributed by atoms with Gasteiger partial charge in [0.15, 0.2) is 23.0 Å². The molecule has 77 heavy (non-hydrogen) atoms. The molecule has 1 fully saturated rings. The highest BCUT2D eigenvalue weighted by Gasteiger charge is 2.50. The Morgan fingerprint density at radius 1 is 0.675 bits per heavy atom. The average molecular weight is 1080 g/mol. The van der Waals surface area contributed by atoms with E-state index < -0.39 is 29.6 Å². The van der Waals surface area contributed by atoms with Gasteiger partial charge in [-0.3, -0.25) is 19.4 Å². The first-order valence-electron chi connectivity index (χ1n) is 26.0. The van der Waals surface area contributed by atoms with Crippen LogP contribution in [0.15, 0.2) is 53.6 Å². The van der Waals surface area contributed by atoms with Crippen LogP contribution in [0.5, 0.6) is 28.7 Å². The molecule has 1 aliphatic carbocycles. The number of rotatable bonds is 37. The standard InChI is InChI=1S/C54H72N4O19/c1-64-40-9-7-39(8-10-40)57-34-43-51(50(37-30-38(35-59)53(66-3)46(31-37)65-2)41-32-44-45(76-36-75-44)33-42(41)52(43)56-57)54(63)55-13-15-68-17-19-70-21-23-72-25-27-74-29-28-73-26-24-71-22-20-69-18-16-67-14-5-4-6-49(62)77-58-47(60)11-12-48(58)61/h7-10,30-33,43,50-51,59H,4-6,11-29,34-36H2,1-3H3,(H,55,63)/t43-,50+,51-/m0/s1. The summed E-state index contributed by atoms with van der Waals surface area (Å²) in [7, 11) is 4.69. The summed E-state index contributed by atoms with van der Waals surface area (Å²) < 4.78 is 73.2. The number of hydrogen-bond acceptors (Lipinski definition) is 21. The molecule has 0 spiro atoms. The minimum Gasteiger partial charge on any atom is -0.497 e. The Morgan fingerprint density at radius 2 is 1.23 bits per heavy atom. The van der Waals surface area contributed by atoms with Crippen LogP contribution in [0.1, 0.15) is 60.3 Å². The number of benzene rings is 3. The maximum Gasteiger partial charge on any atom is 0.333 e. The predicted molar refractivity (Wildman–Crippen MR) is 274 cm³/mol. The van der Waals surface area contributed by atoms with Gasteiger partial charge in [0.05, 0.1) is 151 Å². The zero-order valence-corrected chi connectivity index (χ0v) is 44.2. The average Bonchev–Trinajstić information content (AvgIpc) is 4.34. The maximum absolute atomic E-state index is 14.7. The molecule has 3 aliphatic heterocycles. The van der Waals surface area contributed by atoms with E-state index in [9.17, 15) is 24.3 Å².